The molecule has 2 saturated carbocycles. The molecule has 2 heterocycles. The molecule has 21 heavy (non-hydrogen) atoms. The minimum atomic E-state index is -0.490. The molecule has 0 N–H and O–H groups in total. The van der Waals surface area contributed by atoms with Gasteiger partial charge in [-0.05, 0) is 56.4 Å². The summed E-state index contributed by atoms with van der Waals surface area (Å²) in [5, 5.41) is 0. The summed E-state index contributed by atoms with van der Waals surface area (Å²) < 4.78 is 3.40. The molecule has 4 rings (SSSR count). The third-order valence-corrected chi connectivity index (χ3v) is 6.96. The molecular formula is C16H19BrN2O2. The van der Waals surface area contributed by atoms with E-state index in [4.69, 9.17) is 0 Å². The van der Waals surface area contributed by atoms with Crippen molar-refractivity contribution in [2.24, 2.45) is 5.41 Å². The van der Waals surface area contributed by atoms with Crippen LogP contribution >= 0.6 is 16.1 Å². The van der Waals surface area contributed by atoms with Crippen LogP contribution in [0.25, 0.3) is 0 Å². The number of halogens is 1. The normalized spacial score (nSPS) is 25.2. The van der Waals surface area contributed by atoms with Gasteiger partial charge in [0.2, 0.25) is 0 Å². The van der Waals surface area contributed by atoms with E-state index >= 15 is 0 Å². The number of hydrogen-bond acceptors (Lipinski definition) is 2. The summed E-state index contributed by atoms with van der Waals surface area (Å²) in [6.07, 6.45) is 7.94. The van der Waals surface area contributed by atoms with Crippen LogP contribution in [0.3, 0.4) is 0 Å². The van der Waals surface area contributed by atoms with Crippen LogP contribution in [0.4, 0.5) is 0 Å². The Morgan fingerprint density at radius 1 is 1.05 bits per heavy atom. The second-order valence-electron chi connectivity index (χ2n) is 6.96. The molecule has 3 aliphatic rings. The molecule has 0 unspecified atom stereocenters. The highest BCUT2D eigenvalue weighted by Gasteiger charge is 2.55. The first-order valence-electron chi connectivity index (χ1n) is 7.73. The molecule has 2 fully saturated rings. The SMILES string of the molecule is Cc1ccc(=O)n2c1C(=O)N(Br)C21CCC2(CCC2)CC1. The van der Waals surface area contributed by atoms with Crippen LogP contribution < -0.4 is 5.56 Å². The van der Waals surface area contributed by atoms with Gasteiger partial charge >= 0.3 is 0 Å². The first-order valence-corrected chi connectivity index (χ1v) is 8.44. The van der Waals surface area contributed by atoms with Crippen LogP contribution in [-0.2, 0) is 5.66 Å². The second-order valence-corrected chi connectivity index (χ2v) is 7.67. The van der Waals surface area contributed by atoms with Gasteiger partial charge in [-0.15, -0.1) is 0 Å². The zero-order valence-corrected chi connectivity index (χ0v) is 13.8. The molecule has 0 saturated heterocycles. The van der Waals surface area contributed by atoms with Gasteiger partial charge in [-0.25, -0.2) is 3.93 Å². The molecule has 0 bridgehead atoms. The van der Waals surface area contributed by atoms with Crippen molar-refractivity contribution in [3.63, 3.8) is 0 Å². The highest BCUT2D eigenvalue weighted by Crippen LogP contribution is 2.57. The van der Waals surface area contributed by atoms with Gasteiger partial charge in [0, 0.05) is 6.07 Å². The molecule has 0 atom stereocenters. The third-order valence-electron chi connectivity index (χ3n) is 5.98. The van der Waals surface area contributed by atoms with E-state index in [1.54, 1.807) is 20.6 Å². The average Bonchev–Trinajstić information content (AvgIpc) is 2.66. The van der Waals surface area contributed by atoms with E-state index in [0.717, 1.165) is 31.2 Å². The largest absolute Gasteiger partial charge is 0.282 e. The lowest BCUT2D eigenvalue weighted by atomic mass is 9.59. The first-order chi connectivity index (χ1) is 9.99. The standard InChI is InChI=1S/C16H19BrN2O2/c1-11-3-4-12(20)18-13(11)14(21)19(17)16(18)9-7-15(8-10-16)5-2-6-15/h3-4H,2,5-10H2,1H3. The van der Waals surface area contributed by atoms with E-state index in [-0.39, 0.29) is 11.5 Å². The Morgan fingerprint density at radius 2 is 1.71 bits per heavy atom. The number of carbonyl (C=O) groups is 1. The Labute approximate surface area is 132 Å². The number of pyridine rings is 1. The van der Waals surface area contributed by atoms with Crippen molar-refractivity contribution in [1.82, 2.24) is 8.49 Å². The van der Waals surface area contributed by atoms with Crippen LogP contribution in [0.5, 0.6) is 0 Å². The van der Waals surface area contributed by atoms with Gasteiger partial charge in [0.05, 0.1) is 16.1 Å². The summed E-state index contributed by atoms with van der Waals surface area (Å²) in [5.74, 6) is -0.0743. The van der Waals surface area contributed by atoms with E-state index in [1.165, 1.54) is 19.3 Å². The average molecular weight is 351 g/mol. The van der Waals surface area contributed by atoms with Crippen molar-refractivity contribution < 1.29 is 4.79 Å². The zero-order valence-electron chi connectivity index (χ0n) is 12.2. The van der Waals surface area contributed by atoms with Gasteiger partial charge in [0.15, 0.2) is 0 Å². The van der Waals surface area contributed by atoms with Crippen LogP contribution in [-0.4, -0.2) is 14.4 Å². The molecule has 1 aliphatic heterocycles. The maximum absolute atomic E-state index is 12.6. The number of aromatic nitrogens is 1. The molecule has 4 nitrogen and oxygen atoms in total. The summed E-state index contributed by atoms with van der Waals surface area (Å²) >= 11 is 3.47. The maximum atomic E-state index is 12.6. The topological polar surface area (TPSA) is 42.3 Å². The van der Waals surface area contributed by atoms with Gasteiger partial charge < -0.3 is 0 Å². The van der Waals surface area contributed by atoms with Crippen molar-refractivity contribution >= 4 is 22.1 Å². The van der Waals surface area contributed by atoms with Crippen molar-refractivity contribution in [1.29, 1.82) is 0 Å². The Morgan fingerprint density at radius 3 is 2.29 bits per heavy atom. The van der Waals surface area contributed by atoms with Crippen LogP contribution in [0.2, 0.25) is 0 Å². The number of rotatable bonds is 0. The number of fused-ring (bicyclic) bond motifs is 2. The number of hydrogen-bond donors (Lipinski definition) is 0. The maximum Gasteiger partial charge on any atom is 0.282 e. The lowest BCUT2D eigenvalue weighted by Gasteiger charge is -2.51. The fourth-order valence-corrected chi connectivity index (χ4v) is 5.14. The lowest BCUT2D eigenvalue weighted by molar-refractivity contribution is -0.0122. The highest BCUT2D eigenvalue weighted by atomic mass is 79.9. The smallest absolute Gasteiger partial charge is 0.278 e. The fourth-order valence-electron chi connectivity index (χ4n) is 4.46. The quantitative estimate of drug-likeness (QED) is 0.673. The van der Waals surface area contributed by atoms with Gasteiger partial charge in [0.25, 0.3) is 11.5 Å². The predicted molar refractivity (Wildman–Crippen MR) is 83.3 cm³/mol. The van der Waals surface area contributed by atoms with Crippen molar-refractivity contribution in [2.75, 3.05) is 0 Å². The molecule has 2 aliphatic carbocycles. The molecule has 0 radical (unpaired) electrons. The molecule has 2 spiro atoms. The van der Waals surface area contributed by atoms with Crippen molar-refractivity contribution in [3.05, 3.63) is 33.7 Å². The summed E-state index contributed by atoms with van der Waals surface area (Å²) in [7, 11) is 0. The zero-order chi connectivity index (χ0) is 14.8. The minimum Gasteiger partial charge on any atom is -0.278 e. The van der Waals surface area contributed by atoms with Crippen molar-refractivity contribution in [2.45, 2.75) is 57.5 Å². The predicted octanol–water partition coefficient (Wildman–Crippen LogP) is 3.32. The fraction of sp³-hybridized carbons (Fsp3) is 0.625. The monoisotopic (exact) mass is 350 g/mol. The van der Waals surface area contributed by atoms with Gasteiger partial charge in [-0.2, -0.15) is 0 Å². The van der Waals surface area contributed by atoms with Crippen LogP contribution in [0.1, 0.15) is 61.0 Å². The summed E-state index contributed by atoms with van der Waals surface area (Å²) in [6, 6.07) is 3.34. The van der Waals surface area contributed by atoms with E-state index in [0.29, 0.717) is 11.1 Å². The molecule has 5 heteroatoms. The Kier molecular flexibility index (Phi) is 2.72. The highest BCUT2D eigenvalue weighted by molar-refractivity contribution is 9.07. The molecule has 1 aromatic heterocycles. The van der Waals surface area contributed by atoms with Crippen LogP contribution in [0, 0.1) is 12.3 Å². The molecule has 1 aromatic rings. The molecular weight excluding hydrogens is 332 g/mol. The minimum absolute atomic E-state index is 0.0598. The van der Waals surface area contributed by atoms with Gasteiger partial charge in [-0.3, -0.25) is 14.2 Å². The van der Waals surface area contributed by atoms with E-state index in [2.05, 4.69) is 16.1 Å². The lowest BCUT2D eigenvalue weighted by Crippen LogP contribution is -2.51. The molecule has 0 aromatic carbocycles. The number of amides is 1. The summed E-state index contributed by atoms with van der Waals surface area (Å²) in [5.41, 5.74) is 1.39. The van der Waals surface area contributed by atoms with E-state index in [1.807, 2.05) is 6.92 Å². The van der Waals surface area contributed by atoms with E-state index < -0.39 is 5.66 Å². The third kappa shape index (κ3) is 1.61. The van der Waals surface area contributed by atoms with Gasteiger partial charge in [-0.1, -0.05) is 12.5 Å². The second kappa shape index (κ2) is 4.22. The number of aryl methyl sites for hydroxylation is 1. The molecule has 112 valence electrons. The van der Waals surface area contributed by atoms with Crippen molar-refractivity contribution in [3.8, 4) is 0 Å². The summed E-state index contributed by atoms with van der Waals surface area (Å²) in [6.45, 7) is 1.90. The van der Waals surface area contributed by atoms with Gasteiger partial charge in [0.1, 0.15) is 11.4 Å². The Bertz CT molecular complexity index is 680. The number of carbonyl (C=O) groups excluding carboxylic acids is 1. The Balaban J connectivity index is 1.83. The Hall–Kier alpha value is -1.10. The number of nitrogens with zero attached hydrogens (tertiary/aromatic N) is 2. The van der Waals surface area contributed by atoms with Crippen LogP contribution in [0.15, 0.2) is 16.9 Å². The van der Waals surface area contributed by atoms with E-state index in [9.17, 15) is 9.59 Å². The molecule has 1 amide bonds. The summed E-state index contributed by atoms with van der Waals surface area (Å²) in [4.78, 5) is 25.0. The first kappa shape index (κ1) is 13.6.